The largest absolute Gasteiger partial charge is 0.382 e. The molecule has 0 amide bonds. The van der Waals surface area contributed by atoms with Gasteiger partial charge in [-0.2, -0.15) is 5.10 Å². The topological polar surface area (TPSA) is 54.7 Å². The van der Waals surface area contributed by atoms with Crippen molar-refractivity contribution in [1.29, 1.82) is 0 Å². The number of nitrogen functional groups attached to an aromatic ring is 1. The second kappa shape index (κ2) is 6.93. The van der Waals surface area contributed by atoms with Gasteiger partial charge in [0.2, 0.25) is 0 Å². The molecule has 0 aliphatic carbocycles. The highest BCUT2D eigenvalue weighted by Gasteiger charge is 2.21. The van der Waals surface area contributed by atoms with Crippen LogP contribution in [0.4, 0.5) is 5.82 Å². The molecule has 2 aromatic rings. The minimum Gasteiger partial charge on any atom is -0.382 e. The van der Waals surface area contributed by atoms with Crippen LogP contribution >= 0.6 is 15.9 Å². The standard InChI is InChI=1S/C16H22BrN3/c1-3-7-11(8-4-2)15-14(16(18)20-19-15)12-9-5-6-10-13(12)17/h5-6,9-11H,3-4,7-8H2,1-2H3,(H3,18,19,20). The number of benzene rings is 1. The van der Waals surface area contributed by atoms with Crippen LogP contribution in [0.2, 0.25) is 0 Å². The van der Waals surface area contributed by atoms with Gasteiger partial charge in [0.25, 0.3) is 0 Å². The normalized spacial score (nSPS) is 11.2. The first-order valence-electron chi connectivity index (χ1n) is 7.27. The van der Waals surface area contributed by atoms with Crippen LogP contribution < -0.4 is 5.73 Å². The summed E-state index contributed by atoms with van der Waals surface area (Å²) >= 11 is 3.62. The average molecular weight is 336 g/mol. The van der Waals surface area contributed by atoms with Crippen LogP contribution in [-0.2, 0) is 0 Å². The number of hydrogen-bond acceptors (Lipinski definition) is 2. The average Bonchev–Trinajstić information content (AvgIpc) is 2.81. The van der Waals surface area contributed by atoms with Crippen LogP contribution in [0.3, 0.4) is 0 Å². The molecule has 2 rings (SSSR count). The van der Waals surface area contributed by atoms with E-state index in [2.05, 4.69) is 46.0 Å². The molecule has 0 aliphatic heterocycles. The van der Waals surface area contributed by atoms with Gasteiger partial charge in [0.15, 0.2) is 5.82 Å². The molecule has 1 aromatic heterocycles. The van der Waals surface area contributed by atoms with E-state index < -0.39 is 0 Å². The number of H-pyrrole nitrogens is 1. The van der Waals surface area contributed by atoms with E-state index in [-0.39, 0.29) is 0 Å². The van der Waals surface area contributed by atoms with Gasteiger partial charge in [-0.3, -0.25) is 5.10 Å². The third-order valence-corrected chi connectivity index (χ3v) is 4.34. The molecule has 0 aliphatic rings. The van der Waals surface area contributed by atoms with Gasteiger partial charge < -0.3 is 5.73 Å². The van der Waals surface area contributed by atoms with E-state index >= 15 is 0 Å². The molecule has 0 atom stereocenters. The molecule has 0 saturated carbocycles. The van der Waals surface area contributed by atoms with Crippen molar-refractivity contribution in [2.24, 2.45) is 0 Å². The molecule has 0 bridgehead atoms. The quantitative estimate of drug-likeness (QED) is 0.770. The maximum atomic E-state index is 6.11. The highest BCUT2D eigenvalue weighted by atomic mass is 79.9. The zero-order valence-electron chi connectivity index (χ0n) is 12.1. The van der Waals surface area contributed by atoms with Gasteiger partial charge in [0.05, 0.1) is 0 Å². The molecule has 1 aromatic carbocycles. The molecule has 0 saturated heterocycles. The number of halogens is 1. The summed E-state index contributed by atoms with van der Waals surface area (Å²) in [4.78, 5) is 0. The zero-order chi connectivity index (χ0) is 14.5. The van der Waals surface area contributed by atoms with Gasteiger partial charge in [-0.15, -0.1) is 0 Å². The van der Waals surface area contributed by atoms with Crippen LogP contribution in [-0.4, -0.2) is 10.2 Å². The number of aromatic nitrogens is 2. The maximum Gasteiger partial charge on any atom is 0.153 e. The van der Waals surface area contributed by atoms with Gasteiger partial charge >= 0.3 is 0 Å². The summed E-state index contributed by atoms with van der Waals surface area (Å²) < 4.78 is 1.06. The molecule has 3 N–H and O–H groups in total. The molecule has 4 heteroatoms. The highest BCUT2D eigenvalue weighted by Crippen LogP contribution is 2.39. The zero-order valence-corrected chi connectivity index (χ0v) is 13.7. The lowest BCUT2D eigenvalue weighted by Crippen LogP contribution is -2.01. The fraction of sp³-hybridized carbons (Fsp3) is 0.438. The first-order valence-corrected chi connectivity index (χ1v) is 8.06. The van der Waals surface area contributed by atoms with E-state index in [4.69, 9.17) is 5.73 Å². The Morgan fingerprint density at radius 1 is 1.20 bits per heavy atom. The summed E-state index contributed by atoms with van der Waals surface area (Å²) in [5.74, 6) is 1.08. The Bertz CT molecular complexity index is 557. The fourth-order valence-electron chi connectivity index (χ4n) is 2.74. The second-order valence-corrected chi connectivity index (χ2v) is 6.01. The van der Waals surface area contributed by atoms with Crippen LogP contribution in [0.15, 0.2) is 28.7 Å². The van der Waals surface area contributed by atoms with E-state index in [0.29, 0.717) is 11.7 Å². The highest BCUT2D eigenvalue weighted by molar-refractivity contribution is 9.10. The number of nitrogens with two attached hydrogens (primary N) is 1. The van der Waals surface area contributed by atoms with E-state index in [1.54, 1.807) is 0 Å². The number of nitrogens with one attached hydrogen (secondary N) is 1. The molecule has 1 heterocycles. The minimum atomic E-state index is 0.497. The molecule has 0 spiro atoms. The number of aromatic amines is 1. The molecule has 108 valence electrons. The van der Waals surface area contributed by atoms with Crippen LogP contribution in [0, 0.1) is 0 Å². The molecular weight excluding hydrogens is 314 g/mol. The second-order valence-electron chi connectivity index (χ2n) is 5.15. The summed E-state index contributed by atoms with van der Waals surface area (Å²) in [6.07, 6.45) is 4.65. The lowest BCUT2D eigenvalue weighted by Gasteiger charge is -2.16. The third-order valence-electron chi connectivity index (χ3n) is 3.65. The van der Waals surface area contributed by atoms with Crippen molar-refractivity contribution in [3.05, 3.63) is 34.4 Å². The lowest BCUT2D eigenvalue weighted by molar-refractivity contribution is 0.548. The van der Waals surface area contributed by atoms with Crippen LogP contribution in [0.1, 0.15) is 51.1 Å². The first-order chi connectivity index (χ1) is 9.69. The lowest BCUT2D eigenvalue weighted by atomic mass is 9.90. The van der Waals surface area contributed by atoms with Crippen LogP contribution in [0.25, 0.3) is 11.1 Å². The molecule has 0 unspecified atom stereocenters. The van der Waals surface area contributed by atoms with Gasteiger partial charge in [-0.25, -0.2) is 0 Å². The summed E-state index contributed by atoms with van der Waals surface area (Å²) in [6.45, 7) is 4.45. The van der Waals surface area contributed by atoms with Gasteiger partial charge in [-0.1, -0.05) is 60.8 Å². The van der Waals surface area contributed by atoms with Gasteiger partial charge in [0.1, 0.15) is 0 Å². The number of nitrogens with zero attached hydrogens (tertiary/aromatic N) is 1. The Morgan fingerprint density at radius 2 is 1.85 bits per heavy atom. The van der Waals surface area contributed by atoms with Crippen molar-refractivity contribution in [1.82, 2.24) is 10.2 Å². The van der Waals surface area contributed by atoms with E-state index in [0.717, 1.165) is 28.4 Å². The fourth-order valence-corrected chi connectivity index (χ4v) is 3.23. The maximum absolute atomic E-state index is 6.11. The van der Waals surface area contributed by atoms with Crippen LogP contribution in [0.5, 0.6) is 0 Å². The molecule has 3 nitrogen and oxygen atoms in total. The summed E-state index contributed by atoms with van der Waals surface area (Å²) in [5.41, 5.74) is 9.46. The third kappa shape index (κ3) is 3.06. The Kier molecular flexibility index (Phi) is 5.24. The smallest absolute Gasteiger partial charge is 0.153 e. The van der Waals surface area contributed by atoms with Crippen molar-refractivity contribution in [3.63, 3.8) is 0 Å². The molecule has 20 heavy (non-hydrogen) atoms. The number of hydrogen-bond donors (Lipinski definition) is 2. The Balaban J connectivity index is 2.48. The first kappa shape index (κ1) is 15.1. The summed E-state index contributed by atoms with van der Waals surface area (Å²) in [6, 6.07) is 8.17. The Labute approximate surface area is 129 Å². The monoisotopic (exact) mass is 335 g/mol. The number of anilines is 1. The van der Waals surface area contributed by atoms with Crippen molar-refractivity contribution < 1.29 is 0 Å². The number of rotatable bonds is 6. The van der Waals surface area contributed by atoms with Gasteiger partial charge in [0, 0.05) is 27.2 Å². The summed E-state index contributed by atoms with van der Waals surface area (Å²) in [5, 5.41) is 7.43. The Hall–Kier alpha value is -1.29. The minimum absolute atomic E-state index is 0.497. The Morgan fingerprint density at radius 3 is 2.45 bits per heavy atom. The molecular formula is C16H22BrN3. The van der Waals surface area contributed by atoms with E-state index in [1.807, 2.05) is 18.2 Å². The molecule has 0 radical (unpaired) electrons. The predicted molar refractivity (Wildman–Crippen MR) is 88.7 cm³/mol. The van der Waals surface area contributed by atoms with Crippen molar-refractivity contribution in [3.8, 4) is 11.1 Å². The predicted octanol–water partition coefficient (Wildman–Crippen LogP) is 5.11. The van der Waals surface area contributed by atoms with Crippen molar-refractivity contribution in [2.75, 3.05) is 5.73 Å². The summed E-state index contributed by atoms with van der Waals surface area (Å²) in [7, 11) is 0. The molecule has 0 fully saturated rings. The SMILES string of the molecule is CCCC(CCC)c1[nH]nc(N)c1-c1ccccc1Br. The van der Waals surface area contributed by atoms with Gasteiger partial charge in [-0.05, 0) is 18.9 Å². The van der Waals surface area contributed by atoms with Crippen molar-refractivity contribution in [2.45, 2.75) is 45.4 Å². The van der Waals surface area contributed by atoms with E-state index in [9.17, 15) is 0 Å². The van der Waals surface area contributed by atoms with E-state index in [1.165, 1.54) is 18.5 Å². The van der Waals surface area contributed by atoms with Crippen molar-refractivity contribution >= 4 is 21.7 Å².